The van der Waals surface area contributed by atoms with E-state index < -0.39 is 23.4 Å². The molecule has 3 fully saturated rings. The molecule has 0 radical (unpaired) electrons. The molecule has 3 unspecified atom stereocenters. The summed E-state index contributed by atoms with van der Waals surface area (Å²) in [5.74, 6) is -1.47. The summed E-state index contributed by atoms with van der Waals surface area (Å²) in [6, 6.07) is 18.7. The van der Waals surface area contributed by atoms with Crippen LogP contribution in [0.25, 0.3) is 5.76 Å². The second-order valence-corrected chi connectivity index (χ2v) is 7.33. The Labute approximate surface area is 163 Å². The zero-order valence-electron chi connectivity index (χ0n) is 15.6. The molecule has 0 heterocycles. The Kier molecular flexibility index (Phi) is 4.77. The van der Waals surface area contributed by atoms with Gasteiger partial charge in [0.25, 0.3) is 0 Å². The second kappa shape index (κ2) is 7.24. The number of aliphatic carboxylic acids is 1. The molecule has 5 heteroatoms. The number of ketones is 1. The lowest BCUT2D eigenvalue weighted by Gasteiger charge is -2.50. The number of methoxy groups -OCH3 is 1. The van der Waals surface area contributed by atoms with Gasteiger partial charge in [-0.3, -0.25) is 9.59 Å². The number of para-hydroxylation sites is 1. The Morgan fingerprint density at radius 3 is 2.29 bits per heavy atom. The Morgan fingerprint density at radius 1 is 1.07 bits per heavy atom. The van der Waals surface area contributed by atoms with Crippen LogP contribution in [0, 0.1) is 11.8 Å². The fraction of sp³-hybridized carbons (Fsp3) is 0.304. The summed E-state index contributed by atoms with van der Waals surface area (Å²) in [5, 5.41) is 10.0. The number of carboxylic acid groups (broad SMARTS) is 1. The van der Waals surface area contributed by atoms with Gasteiger partial charge in [-0.05, 0) is 25.0 Å². The third-order valence-corrected chi connectivity index (χ3v) is 5.84. The van der Waals surface area contributed by atoms with Gasteiger partial charge in [-0.2, -0.15) is 0 Å². The largest absolute Gasteiger partial charge is 0.481 e. The maximum atomic E-state index is 12.6. The number of carbonyl (C=O) groups is 2. The van der Waals surface area contributed by atoms with Crippen LogP contribution in [0.1, 0.15) is 24.8 Å². The lowest BCUT2D eigenvalue weighted by Crippen LogP contribution is -2.56. The molecule has 28 heavy (non-hydrogen) atoms. The van der Waals surface area contributed by atoms with E-state index in [1.165, 1.54) is 0 Å². The minimum Gasteiger partial charge on any atom is -0.481 e. The molecular formula is C23H22O5. The Balaban J connectivity index is 1.96. The topological polar surface area (TPSA) is 72.8 Å². The van der Waals surface area contributed by atoms with Crippen molar-refractivity contribution in [1.29, 1.82) is 0 Å². The number of carbonyl (C=O) groups excluding carboxylic acids is 1. The summed E-state index contributed by atoms with van der Waals surface area (Å²) in [7, 11) is 1.54. The van der Waals surface area contributed by atoms with Crippen molar-refractivity contribution in [2.24, 2.45) is 11.8 Å². The van der Waals surface area contributed by atoms with E-state index in [2.05, 4.69) is 0 Å². The number of benzene rings is 2. The first-order valence-corrected chi connectivity index (χ1v) is 9.39. The summed E-state index contributed by atoms with van der Waals surface area (Å²) in [5.41, 5.74) is 0.381. The van der Waals surface area contributed by atoms with E-state index >= 15 is 0 Å². The van der Waals surface area contributed by atoms with Gasteiger partial charge in [-0.25, -0.2) is 0 Å². The third-order valence-electron chi connectivity index (χ3n) is 5.84. The summed E-state index contributed by atoms with van der Waals surface area (Å²) >= 11 is 0. The van der Waals surface area contributed by atoms with Gasteiger partial charge in [0.1, 0.15) is 22.9 Å². The summed E-state index contributed by atoms with van der Waals surface area (Å²) in [4.78, 5) is 24.8. The van der Waals surface area contributed by atoms with Crippen LogP contribution >= 0.6 is 0 Å². The molecule has 0 aromatic heterocycles. The van der Waals surface area contributed by atoms with E-state index in [-0.39, 0.29) is 12.2 Å². The lowest BCUT2D eigenvalue weighted by molar-refractivity contribution is -0.157. The highest BCUT2D eigenvalue weighted by Gasteiger charge is 2.58. The first-order valence-electron chi connectivity index (χ1n) is 9.39. The van der Waals surface area contributed by atoms with Gasteiger partial charge >= 0.3 is 5.97 Å². The Morgan fingerprint density at radius 2 is 1.71 bits per heavy atom. The standard InChI is InChI=1S/C23H22O5/c1-27-23-13-12-17(18(24)14-23)19(22(25)26)20(23)21(15-8-4-2-5-9-15)28-16-10-6-3-7-11-16/h2-11,17,19H,12-14H2,1H3,(H,25,26)/b21-20+. The zero-order chi connectivity index (χ0) is 19.7. The van der Waals surface area contributed by atoms with Crippen LogP contribution in [0.15, 0.2) is 66.2 Å². The van der Waals surface area contributed by atoms with Crippen LogP contribution in [0.2, 0.25) is 0 Å². The van der Waals surface area contributed by atoms with Gasteiger partial charge in [0.2, 0.25) is 0 Å². The normalized spacial score (nSPS) is 28.1. The molecule has 2 aromatic carbocycles. The average Bonchev–Trinajstić information content (AvgIpc) is 2.73. The van der Waals surface area contributed by atoms with Gasteiger partial charge in [0, 0.05) is 30.6 Å². The molecule has 0 amide bonds. The molecule has 3 aliphatic rings. The van der Waals surface area contributed by atoms with Gasteiger partial charge in [0.15, 0.2) is 0 Å². The zero-order valence-corrected chi connectivity index (χ0v) is 15.6. The Hall–Kier alpha value is -2.92. The molecule has 0 aliphatic heterocycles. The van der Waals surface area contributed by atoms with E-state index in [4.69, 9.17) is 9.47 Å². The first kappa shape index (κ1) is 18.4. The SMILES string of the molecule is COC12CCC(C(=O)C1)C(C(=O)O)/C2=C(\Oc1ccccc1)c1ccccc1. The lowest BCUT2D eigenvalue weighted by atomic mass is 9.58. The van der Waals surface area contributed by atoms with Crippen LogP contribution < -0.4 is 4.74 Å². The molecule has 2 bridgehead atoms. The van der Waals surface area contributed by atoms with Crippen LogP contribution in [0.5, 0.6) is 5.75 Å². The Bertz CT molecular complexity index is 919. The number of rotatable bonds is 5. The summed E-state index contributed by atoms with van der Waals surface area (Å²) in [6.45, 7) is 0. The van der Waals surface area contributed by atoms with Crippen LogP contribution in [-0.2, 0) is 14.3 Å². The molecule has 5 nitrogen and oxygen atoms in total. The fourth-order valence-corrected chi connectivity index (χ4v) is 4.51. The van der Waals surface area contributed by atoms with Crippen molar-refractivity contribution in [1.82, 2.24) is 0 Å². The summed E-state index contributed by atoms with van der Waals surface area (Å²) in [6.07, 6.45) is 1.30. The number of hydrogen-bond donors (Lipinski definition) is 1. The van der Waals surface area contributed by atoms with Crippen molar-refractivity contribution < 1.29 is 24.2 Å². The van der Waals surface area contributed by atoms with Crippen molar-refractivity contribution in [3.05, 3.63) is 71.8 Å². The molecular weight excluding hydrogens is 356 g/mol. The van der Waals surface area contributed by atoms with E-state index in [1.807, 2.05) is 60.7 Å². The highest BCUT2D eigenvalue weighted by Crippen LogP contribution is 2.53. The van der Waals surface area contributed by atoms with Crippen molar-refractivity contribution in [2.45, 2.75) is 24.9 Å². The minimum atomic E-state index is -1.01. The van der Waals surface area contributed by atoms with Gasteiger partial charge in [0.05, 0.1) is 5.92 Å². The van der Waals surface area contributed by atoms with Gasteiger partial charge in [-0.1, -0.05) is 48.5 Å². The second-order valence-electron chi connectivity index (χ2n) is 7.33. The first-order chi connectivity index (χ1) is 13.6. The molecule has 3 aliphatic carbocycles. The van der Waals surface area contributed by atoms with Crippen molar-refractivity contribution in [3.63, 3.8) is 0 Å². The quantitative estimate of drug-likeness (QED) is 0.798. The van der Waals surface area contributed by atoms with E-state index in [9.17, 15) is 14.7 Å². The number of Topliss-reactive ketones (excluding diaryl/α,β-unsaturated/α-hetero) is 1. The smallest absolute Gasteiger partial charge is 0.311 e. The van der Waals surface area contributed by atoms with E-state index in [0.717, 1.165) is 5.56 Å². The molecule has 5 rings (SSSR count). The fourth-order valence-electron chi connectivity index (χ4n) is 4.51. The summed E-state index contributed by atoms with van der Waals surface area (Å²) < 4.78 is 12.1. The van der Waals surface area contributed by atoms with E-state index in [0.29, 0.717) is 29.9 Å². The highest BCUT2D eigenvalue weighted by molar-refractivity contribution is 5.95. The van der Waals surface area contributed by atoms with Crippen LogP contribution in [0.4, 0.5) is 0 Å². The van der Waals surface area contributed by atoms with Crippen LogP contribution in [0.3, 0.4) is 0 Å². The molecule has 2 aromatic rings. The highest BCUT2D eigenvalue weighted by atomic mass is 16.5. The monoisotopic (exact) mass is 378 g/mol. The number of carboxylic acids is 1. The molecule has 3 saturated carbocycles. The van der Waals surface area contributed by atoms with Crippen LogP contribution in [-0.4, -0.2) is 29.6 Å². The molecule has 3 atom stereocenters. The van der Waals surface area contributed by atoms with Crippen molar-refractivity contribution in [3.8, 4) is 5.75 Å². The maximum Gasteiger partial charge on any atom is 0.311 e. The van der Waals surface area contributed by atoms with Gasteiger partial charge < -0.3 is 14.6 Å². The maximum absolute atomic E-state index is 12.6. The molecule has 0 saturated heterocycles. The third kappa shape index (κ3) is 3.02. The number of ether oxygens (including phenoxy) is 2. The molecule has 1 N–H and O–H groups in total. The average molecular weight is 378 g/mol. The van der Waals surface area contributed by atoms with E-state index in [1.54, 1.807) is 7.11 Å². The van der Waals surface area contributed by atoms with Crippen molar-refractivity contribution >= 4 is 17.5 Å². The van der Waals surface area contributed by atoms with Gasteiger partial charge in [-0.15, -0.1) is 0 Å². The number of fused-ring (bicyclic) bond motifs is 3. The molecule has 0 spiro atoms. The predicted molar refractivity (Wildman–Crippen MR) is 104 cm³/mol. The number of hydrogen-bond acceptors (Lipinski definition) is 4. The van der Waals surface area contributed by atoms with Crippen molar-refractivity contribution in [2.75, 3.05) is 7.11 Å². The minimum absolute atomic E-state index is 0.0450. The molecule has 144 valence electrons. The predicted octanol–water partition coefficient (Wildman–Crippen LogP) is 3.95.